The van der Waals surface area contributed by atoms with E-state index in [1.807, 2.05) is 67.6 Å². The van der Waals surface area contributed by atoms with Crippen molar-refractivity contribution < 1.29 is 19.1 Å². The predicted octanol–water partition coefficient (Wildman–Crippen LogP) is 5.01. The van der Waals surface area contributed by atoms with Gasteiger partial charge < -0.3 is 9.47 Å². The van der Waals surface area contributed by atoms with Crippen LogP contribution in [0.5, 0.6) is 0 Å². The zero-order valence-electron chi connectivity index (χ0n) is 15.6. The van der Waals surface area contributed by atoms with E-state index in [1.165, 1.54) is 0 Å². The lowest BCUT2D eigenvalue weighted by atomic mass is 9.88. The summed E-state index contributed by atoms with van der Waals surface area (Å²) in [5.41, 5.74) is 1.77. The second-order valence-electron chi connectivity index (χ2n) is 6.21. The Morgan fingerprint density at radius 2 is 1.08 bits per heavy atom. The molecule has 0 heterocycles. The second kappa shape index (κ2) is 9.76. The van der Waals surface area contributed by atoms with E-state index in [2.05, 4.69) is 0 Å². The predicted molar refractivity (Wildman–Crippen MR) is 100 cm³/mol. The van der Waals surface area contributed by atoms with E-state index < -0.39 is 12.2 Å². The monoisotopic (exact) mass is 354 g/mol. The highest BCUT2D eigenvalue weighted by Crippen LogP contribution is 2.38. The Morgan fingerprint density at radius 1 is 0.731 bits per heavy atom. The van der Waals surface area contributed by atoms with Crippen molar-refractivity contribution in [1.82, 2.24) is 0 Å². The van der Waals surface area contributed by atoms with Crippen LogP contribution in [0.15, 0.2) is 60.7 Å². The molecule has 0 spiro atoms. The van der Waals surface area contributed by atoms with Gasteiger partial charge in [0.15, 0.2) is 0 Å². The minimum atomic E-state index is -0.501. The van der Waals surface area contributed by atoms with E-state index in [0.29, 0.717) is 12.8 Å². The molecule has 0 aliphatic carbocycles. The first-order chi connectivity index (χ1) is 12.6. The first-order valence-electron chi connectivity index (χ1n) is 9.05. The van der Waals surface area contributed by atoms with Gasteiger partial charge in [-0.05, 0) is 11.1 Å². The number of hydrogen-bond donors (Lipinski definition) is 0. The smallest absolute Gasteiger partial charge is 0.306 e. The van der Waals surface area contributed by atoms with Gasteiger partial charge in [-0.25, -0.2) is 0 Å². The molecule has 0 fully saturated rings. The molecule has 2 unspecified atom stereocenters. The Bertz CT molecular complexity index is 635. The number of ether oxygens (including phenoxy) is 2. The summed E-state index contributed by atoms with van der Waals surface area (Å²) in [5.74, 6) is -0.801. The summed E-state index contributed by atoms with van der Waals surface area (Å²) in [6.07, 6.45) is -0.418. The molecule has 4 nitrogen and oxygen atoms in total. The first kappa shape index (κ1) is 19.7. The maximum atomic E-state index is 12.0. The molecule has 0 saturated heterocycles. The second-order valence-corrected chi connectivity index (χ2v) is 6.21. The zero-order chi connectivity index (χ0) is 18.9. The Labute approximate surface area is 155 Å². The van der Waals surface area contributed by atoms with Crippen LogP contribution in [-0.4, -0.2) is 11.9 Å². The Kier molecular flexibility index (Phi) is 7.39. The summed E-state index contributed by atoms with van der Waals surface area (Å²) in [6.45, 7) is 5.48. The van der Waals surface area contributed by atoms with Crippen LogP contribution in [-0.2, 0) is 19.1 Å². The van der Waals surface area contributed by atoms with Crippen molar-refractivity contribution in [1.29, 1.82) is 0 Å². The molecule has 0 aliphatic rings. The largest absolute Gasteiger partial charge is 0.457 e. The average molecular weight is 354 g/mol. The lowest BCUT2D eigenvalue weighted by Crippen LogP contribution is -2.26. The summed E-state index contributed by atoms with van der Waals surface area (Å²) in [5, 5.41) is 0. The number of carbonyl (C=O) groups excluding carboxylic acids is 2. The van der Waals surface area contributed by atoms with Crippen LogP contribution in [0.3, 0.4) is 0 Å². The normalized spacial score (nSPS) is 14.1. The highest BCUT2D eigenvalue weighted by atomic mass is 16.6. The summed E-state index contributed by atoms with van der Waals surface area (Å²) >= 11 is 0. The molecule has 26 heavy (non-hydrogen) atoms. The van der Waals surface area contributed by atoms with Crippen molar-refractivity contribution in [2.45, 2.75) is 45.8 Å². The van der Waals surface area contributed by atoms with Crippen LogP contribution in [0.1, 0.15) is 56.9 Å². The van der Waals surface area contributed by atoms with E-state index >= 15 is 0 Å². The fourth-order valence-electron chi connectivity index (χ4n) is 2.85. The Hall–Kier alpha value is -2.62. The van der Waals surface area contributed by atoms with Crippen molar-refractivity contribution in [2.24, 2.45) is 5.92 Å². The van der Waals surface area contributed by atoms with Gasteiger partial charge in [-0.15, -0.1) is 0 Å². The van der Waals surface area contributed by atoms with Crippen LogP contribution in [0.2, 0.25) is 0 Å². The number of hydrogen-bond acceptors (Lipinski definition) is 4. The number of rotatable bonds is 8. The zero-order valence-corrected chi connectivity index (χ0v) is 15.6. The highest BCUT2D eigenvalue weighted by Gasteiger charge is 2.33. The molecule has 0 aromatic heterocycles. The van der Waals surface area contributed by atoms with Crippen molar-refractivity contribution in [3.63, 3.8) is 0 Å². The third kappa shape index (κ3) is 5.19. The summed E-state index contributed by atoms with van der Waals surface area (Å²) in [4.78, 5) is 24.0. The fraction of sp³-hybridized carbons (Fsp3) is 0.364. The lowest BCUT2D eigenvalue weighted by Gasteiger charge is -2.31. The molecule has 0 N–H and O–H groups in total. The molecule has 0 radical (unpaired) electrons. The first-order valence-corrected chi connectivity index (χ1v) is 9.05. The van der Waals surface area contributed by atoms with Crippen LogP contribution in [0.4, 0.5) is 0 Å². The van der Waals surface area contributed by atoms with E-state index in [0.717, 1.165) is 11.1 Å². The van der Waals surface area contributed by atoms with Crippen LogP contribution >= 0.6 is 0 Å². The minimum Gasteiger partial charge on any atom is -0.457 e. The molecule has 2 atom stereocenters. The molecule has 2 aromatic rings. The third-order valence-electron chi connectivity index (χ3n) is 4.31. The van der Waals surface area contributed by atoms with Crippen LogP contribution < -0.4 is 0 Å². The van der Waals surface area contributed by atoms with Crippen LogP contribution in [0.25, 0.3) is 0 Å². The SMILES string of the molecule is CCC(=O)OC(c1ccccc1)C(C)C(OC(=O)CC)c1ccccc1. The summed E-state index contributed by atoms with van der Waals surface area (Å²) < 4.78 is 11.5. The van der Waals surface area contributed by atoms with Crippen LogP contribution in [0, 0.1) is 5.92 Å². The number of esters is 2. The molecule has 138 valence electrons. The van der Waals surface area contributed by atoms with E-state index in [1.54, 1.807) is 13.8 Å². The van der Waals surface area contributed by atoms with E-state index in [9.17, 15) is 9.59 Å². The molecule has 2 rings (SSSR count). The summed E-state index contributed by atoms with van der Waals surface area (Å²) in [6, 6.07) is 19.2. The number of benzene rings is 2. The quantitative estimate of drug-likeness (QED) is 0.625. The Balaban J connectivity index is 2.38. The molecule has 0 aliphatic heterocycles. The molecular weight excluding hydrogens is 328 g/mol. The molecule has 0 amide bonds. The maximum Gasteiger partial charge on any atom is 0.306 e. The van der Waals surface area contributed by atoms with Crippen molar-refractivity contribution in [2.75, 3.05) is 0 Å². The van der Waals surface area contributed by atoms with Gasteiger partial charge in [0.2, 0.25) is 0 Å². The van der Waals surface area contributed by atoms with Crippen molar-refractivity contribution in [3.8, 4) is 0 Å². The topological polar surface area (TPSA) is 52.6 Å². The van der Waals surface area contributed by atoms with Gasteiger partial charge in [0.1, 0.15) is 12.2 Å². The third-order valence-corrected chi connectivity index (χ3v) is 4.31. The maximum absolute atomic E-state index is 12.0. The van der Waals surface area contributed by atoms with Gasteiger partial charge in [-0.1, -0.05) is 81.4 Å². The van der Waals surface area contributed by atoms with Crippen molar-refractivity contribution >= 4 is 11.9 Å². The molecule has 0 bridgehead atoms. The van der Waals surface area contributed by atoms with Crippen molar-refractivity contribution in [3.05, 3.63) is 71.8 Å². The molecular formula is C22H26O4. The Morgan fingerprint density at radius 3 is 1.38 bits per heavy atom. The van der Waals surface area contributed by atoms with E-state index in [4.69, 9.17) is 9.47 Å². The standard InChI is InChI=1S/C22H26O4/c1-4-19(23)25-21(17-12-8-6-9-13-17)16(3)22(26-20(24)5-2)18-14-10-7-11-15-18/h6-16,21-22H,4-5H2,1-3H3. The van der Waals surface area contributed by atoms with E-state index in [-0.39, 0.29) is 17.9 Å². The van der Waals surface area contributed by atoms with Gasteiger partial charge in [0.25, 0.3) is 0 Å². The fourth-order valence-corrected chi connectivity index (χ4v) is 2.85. The van der Waals surface area contributed by atoms with Gasteiger partial charge in [-0.2, -0.15) is 0 Å². The van der Waals surface area contributed by atoms with Gasteiger partial charge in [0.05, 0.1) is 0 Å². The lowest BCUT2D eigenvalue weighted by molar-refractivity contribution is -0.162. The van der Waals surface area contributed by atoms with Gasteiger partial charge >= 0.3 is 11.9 Å². The molecule has 2 aromatic carbocycles. The van der Waals surface area contributed by atoms with Gasteiger partial charge in [-0.3, -0.25) is 9.59 Å². The number of carbonyl (C=O) groups is 2. The minimum absolute atomic E-state index is 0.245. The summed E-state index contributed by atoms with van der Waals surface area (Å²) in [7, 11) is 0. The molecule has 4 heteroatoms. The highest BCUT2D eigenvalue weighted by molar-refractivity contribution is 5.70. The molecule has 0 saturated carbocycles. The van der Waals surface area contributed by atoms with Gasteiger partial charge in [0, 0.05) is 18.8 Å². The average Bonchev–Trinajstić information content (AvgIpc) is 2.70.